The highest BCUT2D eigenvalue weighted by Gasteiger charge is 2.19. The van der Waals surface area contributed by atoms with Crippen LogP contribution in [0.1, 0.15) is 387 Å². The fourth-order valence-corrected chi connectivity index (χ4v) is 10.5. The van der Waals surface area contributed by atoms with Crippen LogP contribution < -0.4 is 0 Å². The van der Waals surface area contributed by atoms with Gasteiger partial charge in [0, 0.05) is 19.3 Å². The Balaban J connectivity index is 4.26. The normalized spacial score (nSPS) is 12.3. The zero-order valence-corrected chi connectivity index (χ0v) is 50.1. The maximum Gasteiger partial charge on any atom is 0.306 e. The molecule has 0 aromatic heterocycles. The molecule has 0 aliphatic carbocycles. The first-order valence-electron chi connectivity index (χ1n) is 33.4. The predicted octanol–water partition coefficient (Wildman–Crippen LogP) is 22.5. The Morgan fingerprint density at radius 1 is 0.274 bits per heavy atom. The van der Waals surface area contributed by atoms with Crippen molar-refractivity contribution in [1.82, 2.24) is 0 Å². The molecule has 6 nitrogen and oxygen atoms in total. The van der Waals surface area contributed by atoms with Crippen molar-refractivity contribution >= 4 is 17.9 Å². The standard InChI is InChI=1S/C67H130O6/c1-5-8-10-12-14-16-18-20-22-23-27-31-35-39-43-47-51-55-59-66(69)72-62-64(61-71-65(68)58-54-50-46-42-38-34-29-21-19-17-15-13-11-9-6-2)73-67(70)60-56-52-48-44-40-36-32-28-25-24-26-30-33-37-41-45-49-53-57-63(4)7-3/h63-64H,5-62H2,1-4H3/t63?,64-/m1/s1. The zero-order chi connectivity index (χ0) is 53.0. The highest BCUT2D eigenvalue weighted by Crippen LogP contribution is 2.19. The van der Waals surface area contributed by atoms with Gasteiger partial charge in [0.25, 0.3) is 0 Å². The van der Waals surface area contributed by atoms with Crippen molar-refractivity contribution in [3.8, 4) is 0 Å². The van der Waals surface area contributed by atoms with E-state index >= 15 is 0 Å². The maximum atomic E-state index is 12.9. The highest BCUT2D eigenvalue weighted by molar-refractivity contribution is 5.71. The second-order valence-electron chi connectivity index (χ2n) is 23.4. The van der Waals surface area contributed by atoms with Crippen molar-refractivity contribution < 1.29 is 28.6 Å². The number of hydrogen-bond acceptors (Lipinski definition) is 6. The monoisotopic (exact) mass is 1030 g/mol. The third-order valence-corrected chi connectivity index (χ3v) is 15.9. The summed E-state index contributed by atoms with van der Waals surface area (Å²) < 4.78 is 17.0. The summed E-state index contributed by atoms with van der Waals surface area (Å²) in [7, 11) is 0. The number of hydrogen-bond donors (Lipinski definition) is 0. The molecule has 0 fully saturated rings. The first-order valence-corrected chi connectivity index (χ1v) is 33.4. The van der Waals surface area contributed by atoms with Crippen molar-refractivity contribution in [3.05, 3.63) is 0 Å². The van der Waals surface area contributed by atoms with E-state index in [1.165, 1.54) is 283 Å². The molecule has 0 radical (unpaired) electrons. The lowest BCUT2D eigenvalue weighted by Gasteiger charge is -2.18. The van der Waals surface area contributed by atoms with E-state index in [1.54, 1.807) is 0 Å². The molecule has 2 atom stereocenters. The van der Waals surface area contributed by atoms with Gasteiger partial charge in [0.05, 0.1) is 0 Å². The highest BCUT2D eigenvalue weighted by atomic mass is 16.6. The van der Waals surface area contributed by atoms with E-state index in [9.17, 15) is 14.4 Å². The summed E-state index contributed by atoms with van der Waals surface area (Å²) >= 11 is 0. The van der Waals surface area contributed by atoms with Crippen LogP contribution >= 0.6 is 0 Å². The van der Waals surface area contributed by atoms with Crippen LogP contribution in [0.25, 0.3) is 0 Å². The number of ether oxygens (including phenoxy) is 3. The first-order chi connectivity index (χ1) is 35.9. The Labute approximate surface area is 457 Å². The lowest BCUT2D eigenvalue weighted by atomic mass is 9.99. The molecule has 0 aliphatic heterocycles. The molecule has 0 heterocycles. The minimum Gasteiger partial charge on any atom is -0.462 e. The zero-order valence-electron chi connectivity index (χ0n) is 50.1. The Hall–Kier alpha value is -1.59. The minimum absolute atomic E-state index is 0.0608. The fourth-order valence-electron chi connectivity index (χ4n) is 10.5. The molecule has 1 unspecified atom stereocenters. The third kappa shape index (κ3) is 59.5. The van der Waals surface area contributed by atoms with E-state index in [0.29, 0.717) is 19.3 Å². The van der Waals surface area contributed by atoms with Crippen molar-refractivity contribution in [2.24, 2.45) is 5.92 Å². The number of unbranched alkanes of at least 4 members (excludes halogenated alkanes) is 48. The van der Waals surface area contributed by atoms with Gasteiger partial charge in [0.2, 0.25) is 0 Å². The number of carbonyl (C=O) groups excluding carboxylic acids is 3. The van der Waals surface area contributed by atoms with Crippen LogP contribution in [0.3, 0.4) is 0 Å². The van der Waals surface area contributed by atoms with Gasteiger partial charge in [-0.1, -0.05) is 349 Å². The topological polar surface area (TPSA) is 78.9 Å². The molecule has 73 heavy (non-hydrogen) atoms. The molecular weight excluding hydrogens is 901 g/mol. The summed E-state index contributed by atoms with van der Waals surface area (Å²) in [5, 5.41) is 0. The van der Waals surface area contributed by atoms with Crippen LogP contribution in [0.4, 0.5) is 0 Å². The molecule has 0 saturated heterocycles. The van der Waals surface area contributed by atoms with Gasteiger partial charge < -0.3 is 14.2 Å². The van der Waals surface area contributed by atoms with Gasteiger partial charge >= 0.3 is 17.9 Å². The van der Waals surface area contributed by atoms with Crippen LogP contribution in [0, 0.1) is 5.92 Å². The van der Waals surface area contributed by atoms with Crippen molar-refractivity contribution in [1.29, 1.82) is 0 Å². The van der Waals surface area contributed by atoms with E-state index < -0.39 is 6.10 Å². The molecule has 434 valence electrons. The Kier molecular flexibility index (Phi) is 59.9. The summed E-state index contributed by atoms with van der Waals surface area (Å²) in [6.45, 7) is 9.14. The minimum atomic E-state index is -0.763. The van der Waals surface area contributed by atoms with E-state index in [1.807, 2.05) is 0 Å². The quantitative estimate of drug-likeness (QED) is 0.0343. The average Bonchev–Trinajstić information content (AvgIpc) is 3.39. The van der Waals surface area contributed by atoms with Crippen molar-refractivity contribution in [3.63, 3.8) is 0 Å². The molecule has 0 spiro atoms. The number of esters is 3. The summed E-state index contributed by atoms with van der Waals surface area (Å²) in [4.78, 5) is 38.4. The summed E-state index contributed by atoms with van der Waals surface area (Å²) in [5.74, 6) is 0.0852. The molecule has 0 N–H and O–H groups in total. The van der Waals surface area contributed by atoms with Gasteiger partial charge in [-0.3, -0.25) is 14.4 Å². The molecular formula is C67H130O6. The van der Waals surface area contributed by atoms with Gasteiger partial charge in [0.1, 0.15) is 13.2 Å². The summed E-state index contributed by atoms with van der Waals surface area (Å²) in [5.41, 5.74) is 0. The predicted molar refractivity (Wildman–Crippen MR) is 317 cm³/mol. The van der Waals surface area contributed by atoms with E-state index in [2.05, 4.69) is 27.7 Å². The molecule has 0 aliphatic rings. The van der Waals surface area contributed by atoms with Crippen molar-refractivity contribution in [2.75, 3.05) is 13.2 Å². The van der Waals surface area contributed by atoms with Crippen LogP contribution in [0.5, 0.6) is 0 Å². The van der Waals surface area contributed by atoms with Crippen LogP contribution in [0.2, 0.25) is 0 Å². The van der Waals surface area contributed by atoms with Gasteiger partial charge in [0.15, 0.2) is 6.10 Å². The molecule has 0 aromatic rings. The average molecular weight is 1030 g/mol. The van der Waals surface area contributed by atoms with E-state index in [-0.39, 0.29) is 31.1 Å². The molecule has 0 saturated carbocycles. The van der Waals surface area contributed by atoms with Crippen LogP contribution in [0.15, 0.2) is 0 Å². The van der Waals surface area contributed by atoms with Gasteiger partial charge in [-0.25, -0.2) is 0 Å². The van der Waals surface area contributed by atoms with E-state index in [4.69, 9.17) is 14.2 Å². The molecule has 6 heteroatoms. The second-order valence-corrected chi connectivity index (χ2v) is 23.4. The molecule has 0 aromatic carbocycles. The van der Waals surface area contributed by atoms with Crippen LogP contribution in [-0.2, 0) is 28.6 Å². The third-order valence-electron chi connectivity index (χ3n) is 15.9. The molecule has 0 bridgehead atoms. The Bertz CT molecular complexity index is 1110. The maximum absolute atomic E-state index is 12.9. The number of rotatable bonds is 62. The number of carbonyl (C=O) groups is 3. The summed E-state index contributed by atoms with van der Waals surface area (Å²) in [6.07, 6.45) is 69.6. The van der Waals surface area contributed by atoms with Gasteiger partial charge in [-0.15, -0.1) is 0 Å². The first kappa shape index (κ1) is 71.4. The lowest BCUT2D eigenvalue weighted by Crippen LogP contribution is -2.30. The second kappa shape index (κ2) is 61.3. The SMILES string of the molecule is CCCCCCCCCCCCCCCCCCCCC(=O)OC[C@@H](COC(=O)CCCCCCCCCCCCCCCCC)OC(=O)CCCCCCCCCCCCCCCCCCCCC(C)CC. The summed E-state index contributed by atoms with van der Waals surface area (Å²) in [6, 6.07) is 0. The van der Waals surface area contributed by atoms with Gasteiger partial charge in [-0.05, 0) is 25.2 Å². The smallest absolute Gasteiger partial charge is 0.306 e. The van der Waals surface area contributed by atoms with Crippen LogP contribution in [-0.4, -0.2) is 37.2 Å². The van der Waals surface area contributed by atoms with Crippen molar-refractivity contribution in [2.45, 2.75) is 393 Å². The lowest BCUT2D eigenvalue weighted by molar-refractivity contribution is -0.167. The van der Waals surface area contributed by atoms with E-state index in [0.717, 1.165) is 63.7 Å². The largest absolute Gasteiger partial charge is 0.462 e. The fraction of sp³-hybridized carbons (Fsp3) is 0.955. The Morgan fingerprint density at radius 3 is 0.712 bits per heavy atom. The molecule has 0 rings (SSSR count). The molecule has 0 amide bonds. The Morgan fingerprint density at radius 2 is 0.479 bits per heavy atom. The van der Waals surface area contributed by atoms with Gasteiger partial charge in [-0.2, -0.15) is 0 Å².